The molecule has 3 aromatic rings. The molecule has 0 spiro atoms. The van der Waals surface area contributed by atoms with Crippen molar-refractivity contribution >= 4 is 29.4 Å². The van der Waals surface area contributed by atoms with Crippen LogP contribution in [-0.2, 0) is 19.5 Å². The summed E-state index contributed by atoms with van der Waals surface area (Å²) >= 11 is 6.03. The summed E-state index contributed by atoms with van der Waals surface area (Å²) in [6.07, 6.45) is 2.33. The van der Waals surface area contributed by atoms with Crippen molar-refractivity contribution in [1.29, 1.82) is 0 Å². The lowest BCUT2D eigenvalue weighted by Crippen LogP contribution is -2.30. The average molecular weight is 449 g/mol. The molecule has 0 aromatic heterocycles. The maximum Gasteiger partial charge on any atom is 0.271 e. The molecule has 0 unspecified atom stereocenters. The molecule has 0 saturated heterocycles. The summed E-state index contributed by atoms with van der Waals surface area (Å²) in [6, 6.07) is 20.0. The van der Waals surface area contributed by atoms with Crippen LogP contribution in [-0.4, -0.2) is 28.5 Å². The van der Waals surface area contributed by atoms with E-state index in [1.165, 1.54) is 35.5 Å². The van der Waals surface area contributed by atoms with Crippen molar-refractivity contribution in [2.45, 2.75) is 19.5 Å². The zero-order chi connectivity index (χ0) is 22.5. The summed E-state index contributed by atoms with van der Waals surface area (Å²) in [5, 5.41) is 15.1. The number of hydrogen-bond donors (Lipinski definition) is 1. The highest BCUT2D eigenvalue weighted by Crippen LogP contribution is 2.21. The van der Waals surface area contributed by atoms with Gasteiger partial charge < -0.3 is 0 Å². The second kappa shape index (κ2) is 9.72. The van der Waals surface area contributed by atoms with Crippen LogP contribution in [0.4, 0.5) is 5.69 Å². The highest BCUT2D eigenvalue weighted by Gasteiger charge is 2.16. The fraction of sp³-hybridized carbons (Fsp3) is 0.167. The maximum atomic E-state index is 12.4. The fourth-order valence-corrected chi connectivity index (χ4v) is 3.84. The molecular formula is C24H21ClN4O3. The van der Waals surface area contributed by atoms with Crippen molar-refractivity contribution in [3.63, 3.8) is 0 Å². The standard InChI is InChI=1S/C24H21ClN4O3/c25-23-10-9-22(29(31)32)13-21(23)14-26-27-24(30)19-7-5-17(6-8-19)15-28-12-11-18-3-1-2-4-20(18)16-28/h1-10,13-14H,11-12,15-16H2,(H,27,30)/b26-14+. The van der Waals surface area contributed by atoms with E-state index in [2.05, 4.69) is 39.7 Å². The number of hydrogen-bond acceptors (Lipinski definition) is 5. The molecule has 0 saturated carbocycles. The Morgan fingerprint density at radius 2 is 1.88 bits per heavy atom. The minimum absolute atomic E-state index is 0.102. The van der Waals surface area contributed by atoms with Crippen LogP contribution in [0.2, 0.25) is 5.02 Å². The van der Waals surface area contributed by atoms with Crippen LogP contribution in [0.25, 0.3) is 0 Å². The maximum absolute atomic E-state index is 12.4. The molecule has 0 radical (unpaired) electrons. The second-order valence-electron chi connectivity index (χ2n) is 7.59. The molecule has 1 N–H and O–H groups in total. The summed E-state index contributed by atoms with van der Waals surface area (Å²) < 4.78 is 0. The Hall–Kier alpha value is -3.55. The van der Waals surface area contributed by atoms with Crippen LogP contribution < -0.4 is 5.43 Å². The van der Waals surface area contributed by atoms with E-state index in [1.807, 2.05) is 12.1 Å². The van der Waals surface area contributed by atoms with Crippen molar-refractivity contribution in [2.24, 2.45) is 5.10 Å². The highest BCUT2D eigenvalue weighted by atomic mass is 35.5. The molecule has 0 aliphatic carbocycles. The third-order valence-corrected chi connectivity index (χ3v) is 5.74. The smallest absolute Gasteiger partial charge is 0.271 e. The number of hydrazone groups is 1. The Morgan fingerprint density at radius 1 is 1.12 bits per heavy atom. The summed E-state index contributed by atoms with van der Waals surface area (Å²) in [7, 11) is 0. The van der Waals surface area contributed by atoms with E-state index in [-0.39, 0.29) is 11.6 Å². The van der Waals surface area contributed by atoms with Crippen LogP contribution in [0.3, 0.4) is 0 Å². The van der Waals surface area contributed by atoms with Gasteiger partial charge in [0.25, 0.3) is 11.6 Å². The summed E-state index contributed by atoms with van der Waals surface area (Å²) in [6.45, 7) is 2.75. The lowest BCUT2D eigenvalue weighted by Gasteiger charge is -2.28. The molecule has 1 aliphatic rings. The third-order valence-electron chi connectivity index (χ3n) is 5.39. The van der Waals surface area contributed by atoms with Gasteiger partial charge in [-0.05, 0) is 41.3 Å². The number of carbonyl (C=O) groups excluding carboxylic acids is 1. The van der Waals surface area contributed by atoms with Crippen molar-refractivity contribution < 1.29 is 9.72 Å². The van der Waals surface area contributed by atoms with Gasteiger partial charge in [0.1, 0.15) is 0 Å². The van der Waals surface area contributed by atoms with E-state index < -0.39 is 4.92 Å². The van der Waals surface area contributed by atoms with Crippen LogP contribution in [0.1, 0.15) is 32.6 Å². The van der Waals surface area contributed by atoms with Gasteiger partial charge >= 0.3 is 0 Å². The van der Waals surface area contributed by atoms with Gasteiger partial charge in [-0.25, -0.2) is 5.43 Å². The number of rotatable bonds is 6. The van der Waals surface area contributed by atoms with Gasteiger partial charge in [0.15, 0.2) is 0 Å². The molecule has 0 atom stereocenters. The molecule has 1 amide bonds. The molecule has 0 bridgehead atoms. The molecule has 1 heterocycles. The summed E-state index contributed by atoms with van der Waals surface area (Å²) in [4.78, 5) is 25.1. The lowest BCUT2D eigenvalue weighted by molar-refractivity contribution is -0.384. The van der Waals surface area contributed by atoms with Gasteiger partial charge in [0, 0.05) is 47.9 Å². The van der Waals surface area contributed by atoms with Gasteiger partial charge in [0.05, 0.1) is 11.1 Å². The van der Waals surface area contributed by atoms with Crippen LogP contribution in [0.5, 0.6) is 0 Å². The topological polar surface area (TPSA) is 87.8 Å². The zero-order valence-electron chi connectivity index (χ0n) is 17.2. The number of amides is 1. The molecule has 4 rings (SSSR count). The SMILES string of the molecule is O=C(N/N=C/c1cc([N+](=O)[O-])ccc1Cl)c1ccc(CN2CCc3ccccc3C2)cc1. The minimum Gasteiger partial charge on any atom is -0.294 e. The second-order valence-corrected chi connectivity index (χ2v) is 8.00. The first-order chi connectivity index (χ1) is 15.5. The predicted octanol–water partition coefficient (Wildman–Crippen LogP) is 4.57. The number of benzene rings is 3. The number of halogens is 1. The normalized spacial score (nSPS) is 13.7. The molecule has 32 heavy (non-hydrogen) atoms. The Bertz CT molecular complexity index is 1180. The van der Waals surface area contributed by atoms with E-state index in [0.29, 0.717) is 16.1 Å². The van der Waals surface area contributed by atoms with Crippen LogP contribution >= 0.6 is 11.6 Å². The van der Waals surface area contributed by atoms with Gasteiger partial charge in [-0.2, -0.15) is 5.10 Å². The number of carbonyl (C=O) groups is 1. The minimum atomic E-state index is -0.517. The number of nitro benzene ring substituents is 1. The van der Waals surface area contributed by atoms with Gasteiger partial charge in [-0.3, -0.25) is 19.8 Å². The number of nitro groups is 1. The summed E-state index contributed by atoms with van der Waals surface area (Å²) in [5.74, 6) is -0.374. The quantitative estimate of drug-likeness (QED) is 0.340. The van der Waals surface area contributed by atoms with E-state index in [0.717, 1.165) is 31.6 Å². The first kappa shape index (κ1) is 21.7. The third kappa shape index (κ3) is 5.19. The van der Waals surface area contributed by atoms with Crippen molar-refractivity contribution in [3.05, 3.63) is 110 Å². The van der Waals surface area contributed by atoms with Crippen molar-refractivity contribution in [1.82, 2.24) is 10.3 Å². The Morgan fingerprint density at radius 3 is 2.62 bits per heavy atom. The van der Waals surface area contributed by atoms with Crippen LogP contribution in [0, 0.1) is 10.1 Å². The molecule has 0 fully saturated rings. The Labute approximate surface area is 190 Å². The van der Waals surface area contributed by atoms with Gasteiger partial charge in [0.2, 0.25) is 0 Å². The molecule has 3 aromatic carbocycles. The van der Waals surface area contributed by atoms with E-state index in [1.54, 1.807) is 12.1 Å². The van der Waals surface area contributed by atoms with Crippen molar-refractivity contribution in [2.75, 3.05) is 6.54 Å². The monoisotopic (exact) mass is 448 g/mol. The Kier molecular flexibility index (Phi) is 6.58. The molecule has 1 aliphatic heterocycles. The van der Waals surface area contributed by atoms with Gasteiger partial charge in [-0.1, -0.05) is 48.0 Å². The molecular weight excluding hydrogens is 428 g/mol. The number of fused-ring (bicyclic) bond motifs is 1. The number of nitrogens with zero attached hydrogens (tertiary/aromatic N) is 3. The zero-order valence-corrected chi connectivity index (χ0v) is 18.0. The van der Waals surface area contributed by atoms with E-state index >= 15 is 0 Å². The fourth-order valence-electron chi connectivity index (χ4n) is 3.68. The molecule has 8 heteroatoms. The van der Waals surface area contributed by atoms with E-state index in [9.17, 15) is 14.9 Å². The summed E-state index contributed by atoms with van der Waals surface area (Å²) in [5.41, 5.74) is 7.07. The van der Waals surface area contributed by atoms with Gasteiger partial charge in [-0.15, -0.1) is 0 Å². The van der Waals surface area contributed by atoms with Crippen LogP contribution in [0.15, 0.2) is 71.8 Å². The lowest BCUT2D eigenvalue weighted by atomic mass is 9.99. The largest absolute Gasteiger partial charge is 0.294 e. The number of non-ortho nitro benzene ring substituents is 1. The Balaban J connectivity index is 1.34. The van der Waals surface area contributed by atoms with Crippen molar-refractivity contribution in [3.8, 4) is 0 Å². The highest BCUT2D eigenvalue weighted by molar-refractivity contribution is 6.33. The number of nitrogens with one attached hydrogen (secondary N) is 1. The predicted molar refractivity (Wildman–Crippen MR) is 124 cm³/mol. The first-order valence-electron chi connectivity index (χ1n) is 10.1. The first-order valence-corrected chi connectivity index (χ1v) is 10.5. The van der Waals surface area contributed by atoms with E-state index in [4.69, 9.17) is 11.6 Å². The molecule has 7 nitrogen and oxygen atoms in total. The average Bonchev–Trinajstić information content (AvgIpc) is 2.80. The molecule has 162 valence electrons.